The highest BCUT2D eigenvalue weighted by atomic mass is 32.2. The highest BCUT2D eigenvalue weighted by Gasteiger charge is 2.27. The predicted molar refractivity (Wildman–Crippen MR) is 160 cm³/mol. The van der Waals surface area contributed by atoms with Gasteiger partial charge < -0.3 is 10.2 Å². The molecule has 0 fully saturated rings. The summed E-state index contributed by atoms with van der Waals surface area (Å²) in [4.78, 5) is 22.4. The van der Waals surface area contributed by atoms with E-state index >= 15 is 0 Å². The van der Waals surface area contributed by atoms with Gasteiger partial charge in [-0.2, -0.15) is 11.8 Å². The van der Waals surface area contributed by atoms with Gasteiger partial charge in [-0.25, -0.2) is 0 Å². The van der Waals surface area contributed by atoms with E-state index in [1.165, 1.54) is 48.3 Å². The van der Waals surface area contributed by atoms with Crippen LogP contribution in [0.4, 0.5) is 0 Å². The van der Waals surface area contributed by atoms with Gasteiger partial charge in [0.2, 0.25) is 0 Å². The van der Waals surface area contributed by atoms with Crippen LogP contribution in [0.2, 0.25) is 0 Å². The number of carboxylic acid groups (broad SMARTS) is 2. The van der Waals surface area contributed by atoms with Gasteiger partial charge in [0, 0.05) is 12.8 Å². The van der Waals surface area contributed by atoms with Crippen molar-refractivity contribution in [2.75, 3.05) is 11.5 Å². The van der Waals surface area contributed by atoms with E-state index in [-0.39, 0.29) is 23.7 Å². The van der Waals surface area contributed by atoms with E-state index in [1.807, 2.05) is 36.0 Å². The molecule has 2 aromatic rings. The van der Waals surface area contributed by atoms with E-state index in [2.05, 4.69) is 50.2 Å². The van der Waals surface area contributed by atoms with E-state index in [0.29, 0.717) is 6.42 Å². The van der Waals surface area contributed by atoms with E-state index in [4.69, 9.17) is 0 Å². The van der Waals surface area contributed by atoms with Crippen LogP contribution in [0.15, 0.2) is 60.7 Å². The molecular formula is C33H48O4S. The second-order valence-corrected chi connectivity index (χ2v) is 12.6. The van der Waals surface area contributed by atoms with Gasteiger partial charge in [-0.3, -0.25) is 9.59 Å². The lowest BCUT2D eigenvalue weighted by Gasteiger charge is -2.30. The van der Waals surface area contributed by atoms with E-state index in [9.17, 15) is 19.8 Å². The number of benzene rings is 2. The Bertz CT molecular complexity index is 933. The first kappa shape index (κ1) is 31.9. The number of unbranched alkanes of at least 4 members (excludes halogenated alkanes) is 4. The van der Waals surface area contributed by atoms with Crippen molar-refractivity contribution in [3.63, 3.8) is 0 Å². The molecule has 5 heteroatoms. The van der Waals surface area contributed by atoms with Gasteiger partial charge in [-0.1, -0.05) is 100 Å². The van der Waals surface area contributed by atoms with Crippen molar-refractivity contribution in [3.05, 3.63) is 71.8 Å². The van der Waals surface area contributed by atoms with Crippen LogP contribution < -0.4 is 0 Å². The molecule has 210 valence electrons. The fourth-order valence-corrected chi connectivity index (χ4v) is 6.39. The minimum atomic E-state index is -0.718. The van der Waals surface area contributed by atoms with Crippen LogP contribution in [-0.4, -0.2) is 33.7 Å². The van der Waals surface area contributed by atoms with E-state index in [0.717, 1.165) is 38.5 Å². The van der Waals surface area contributed by atoms with Crippen LogP contribution in [0.1, 0.15) is 102 Å². The van der Waals surface area contributed by atoms with Gasteiger partial charge in [0.25, 0.3) is 0 Å². The summed E-state index contributed by atoms with van der Waals surface area (Å²) in [5.74, 6) is 0.946. The van der Waals surface area contributed by atoms with Gasteiger partial charge in [-0.05, 0) is 78.4 Å². The standard InChI is InChI=1S/C33H48O4S/c1-32(23-19-30(34)35,27-28-15-7-3-8-16-28)21-11-5-13-25-38-26-14-6-12-22-33(2,24-20-31(36)37)29-17-9-4-10-18-29/h3-4,7-10,15-18H,5-6,11-14,19-27H2,1-2H3,(H,34,35)(H,36,37). The Morgan fingerprint density at radius 1 is 0.658 bits per heavy atom. The number of carbonyl (C=O) groups is 2. The minimum Gasteiger partial charge on any atom is -0.481 e. The lowest BCUT2D eigenvalue weighted by molar-refractivity contribution is -0.138. The number of hydrogen-bond acceptors (Lipinski definition) is 3. The zero-order valence-electron chi connectivity index (χ0n) is 23.5. The first-order valence-electron chi connectivity index (χ1n) is 14.3. The molecule has 2 aromatic carbocycles. The molecule has 38 heavy (non-hydrogen) atoms. The summed E-state index contributed by atoms with van der Waals surface area (Å²) in [6.07, 6.45) is 12.0. The summed E-state index contributed by atoms with van der Waals surface area (Å²) in [5, 5.41) is 18.4. The summed E-state index contributed by atoms with van der Waals surface area (Å²) in [7, 11) is 0. The van der Waals surface area contributed by atoms with Gasteiger partial charge >= 0.3 is 11.9 Å². The molecule has 2 N–H and O–H groups in total. The van der Waals surface area contributed by atoms with Gasteiger partial charge in [0.05, 0.1) is 0 Å². The quantitative estimate of drug-likeness (QED) is 0.155. The predicted octanol–water partition coefficient (Wildman–Crippen LogP) is 8.78. The lowest BCUT2D eigenvalue weighted by atomic mass is 9.74. The van der Waals surface area contributed by atoms with Gasteiger partial charge in [0.1, 0.15) is 0 Å². The normalized spacial score (nSPS) is 14.5. The van der Waals surface area contributed by atoms with E-state index in [1.54, 1.807) is 0 Å². The van der Waals surface area contributed by atoms with Crippen LogP contribution in [0.25, 0.3) is 0 Å². The largest absolute Gasteiger partial charge is 0.481 e. The second-order valence-electron chi connectivity index (χ2n) is 11.4. The third kappa shape index (κ3) is 13.0. The summed E-state index contributed by atoms with van der Waals surface area (Å²) in [6.45, 7) is 4.47. The number of thioether (sulfide) groups is 1. The second kappa shape index (κ2) is 17.3. The molecule has 0 radical (unpaired) electrons. The van der Waals surface area contributed by atoms with Crippen LogP contribution >= 0.6 is 11.8 Å². The van der Waals surface area contributed by atoms with Crippen LogP contribution in [0.5, 0.6) is 0 Å². The van der Waals surface area contributed by atoms with Crippen molar-refractivity contribution in [2.45, 2.75) is 103 Å². The Kier molecular flexibility index (Phi) is 14.6. The fourth-order valence-electron chi connectivity index (χ4n) is 5.37. The van der Waals surface area contributed by atoms with Crippen LogP contribution in [-0.2, 0) is 21.4 Å². The molecule has 0 spiro atoms. The molecule has 0 bridgehead atoms. The Balaban J connectivity index is 1.61. The van der Waals surface area contributed by atoms with Crippen molar-refractivity contribution in [1.82, 2.24) is 0 Å². The van der Waals surface area contributed by atoms with Crippen molar-refractivity contribution in [2.24, 2.45) is 5.41 Å². The lowest BCUT2D eigenvalue weighted by Crippen LogP contribution is -2.23. The van der Waals surface area contributed by atoms with E-state index < -0.39 is 11.9 Å². The molecule has 2 unspecified atom stereocenters. The Morgan fingerprint density at radius 2 is 1.18 bits per heavy atom. The molecule has 0 saturated carbocycles. The maximum atomic E-state index is 11.2. The first-order chi connectivity index (χ1) is 18.2. The molecule has 0 aliphatic heterocycles. The Hall–Kier alpha value is -2.27. The highest BCUT2D eigenvalue weighted by molar-refractivity contribution is 7.99. The number of hydrogen-bond donors (Lipinski definition) is 2. The zero-order valence-corrected chi connectivity index (χ0v) is 24.3. The molecule has 2 rings (SSSR count). The molecule has 4 nitrogen and oxygen atoms in total. The van der Waals surface area contributed by atoms with Gasteiger partial charge in [0.15, 0.2) is 0 Å². The highest BCUT2D eigenvalue weighted by Crippen LogP contribution is 2.35. The average molecular weight is 541 g/mol. The third-order valence-electron chi connectivity index (χ3n) is 7.86. The van der Waals surface area contributed by atoms with Crippen LogP contribution in [0, 0.1) is 5.41 Å². The van der Waals surface area contributed by atoms with Crippen LogP contribution in [0.3, 0.4) is 0 Å². The first-order valence-corrected chi connectivity index (χ1v) is 15.5. The summed E-state index contributed by atoms with van der Waals surface area (Å²) >= 11 is 2.04. The molecule has 0 saturated heterocycles. The average Bonchev–Trinajstić information content (AvgIpc) is 2.90. The molecule has 0 aliphatic carbocycles. The molecule has 0 aliphatic rings. The Morgan fingerprint density at radius 3 is 1.76 bits per heavy atom. The maximum absolute atomic E-state index is 11.2. The van der Waals surface area contributed by atoms with Crippen molar-refractivity contribution >= 4 is 23.7 Å². The number of carboxylic acids is 2. The molecule has 0 amide bonds. The number of rotatable bonds is 21. The SMILES string of the molecule is CC(CCCCCSCCCCCC(C)(CCC(=O)O)c1ccccc1)(CCC(=O)O)Cc1ccccc1. The van der Waals surface area contributed by atoms with Crippen molar-refractivity contribution in [1.29, 1.82) is 0 Å². The molecule has 2 atom stereocenters. The molecule has 0 aromatic heterocycles. The van der Waals surface area contributed by atoms with Crippen molar-refractivity contribution in [3.8, 4) is 0 Å². The topological polar surface area (TPSA) is 74.6 Å². The summed E-state index contributed by atoms with van der Waals surface area (Å²) in [6, 6.07) is 20.8. The summed E-state index contributed by atoms with van der Waals surface area (Å²) < 4.78 is 0. The summed E-state index contributed by atoms with van der Waals surface area (Å²) in [5.41, 5.74) is 2.50. The Labute approximate surface area is 234 Å². The molecule has 0 heterocycles. The monoisotopic (exact) mass is 540 g/mol. The number of aliphatic carboxylic acids is 2. The minimum absolute atomic E-state index is 0.0333. The third-order valence-corrected chi connectivity index (χ3v) is 9.02. The fraction of sp³-hybridized carbons (Fsp3) is 0.576. The van der Waals surface area contributed by atoms with Gasteiger partial charge in [-0.15, -0.1) is 0 Å². The molecular weight excluding hydrogens is 492 g/mol. The van der Waals surface area contributed by atoms with Crippen molar-refractivity contribution < 1.29 is 19.8 Å². The zero-order chi connectivity index (χ0) is 27.7. The maximum Gasteiger partial charge on any atom is 0.303 e. The smallest absolute Gasteiger partial charge is 0.303 e.